The number of carboxylic acid groups (broad SMARTS) is 1. The van der Waals surface area contributed by atoms with Crippen molar-refractivity contribution in [1.29, 1.82) is 0 Å². The van der Waals surface area contributed by atoms with Crippen LogP contribution in [0.5, 0.6) is 0 Å². The molecule has 28 heavy (non-hydrogen) atoms. The van der Waals surface area contributed by atoms with Gasteiger partial charge in [-0.3, -0.25) is 4.79 Å². The van der Waals surface area contributed by atoms with Crippen LogP contribution in [0.25, 0.3) is 0 Å². The van der Waals surface area contributed by atoms with E-state index in [0.717, 1.165) is 64.7 Å². The average molecular weight is 407 g/mol. The smallest absolute Gasteiger partial charge is 0.317 e. The van der Waals surface area contributed by atoms with Gasteiger partial charge in [-0.15, -0.1) is 11.3 Å². The third-order valence-electron chi connectivity index (χ3n) is 6.32. The molecule has 4 rings (SSSR count). The molecule has 8 heteroatoms. The van der Waals surface area contributed by atoms with Gasteiger partial charge in [0.1, 0.15) is 0 Å². The van der Waals surface area contributed by atoms with Gasteiger partial charge in [-0.1, -0.05) is 0 Å². The number of urea groups is 1. The van der Waals surface area contributed by atoms with Crippen LogP contribution in [-0.4, -0.2) is 59.2 Å². The Morgan fingerprint density at radius 3 is 2.71 bits per heavy atom. The summed E-state index contributed by atoms with van der Waals surface area (Å²) in [7, 11) is 0. The number of rotatable bonds is 3. The molecule has 3 N–H and O–H groups in total. The summed E-state index contributed by atoms with van der Waals surface area (Å²) in [6.07, 6.45) is 6.99. The highest BCUT2D eigenvalue weighted by Gasteiger charge is 2.31. The molecule has 2 amide bonds. The average Bonchev–Trinajstić information content (AvgIpc) is 2.99. The standard InChI is InChI=1S/C20H30N4O3S/c25-19(26)13-3-5-15(6-4-13)22-20(27)24-11-1-2-14(12-24)18-23-16-7-9-21-10-8-17(16)28-18/h13-15,21H,1-12H2,(H,22,27)(H,25,26). The lowest BCUT2D eigenvalue weighted by molar-refractivity contribution is -0.142. The van der Waals surface area contributed by atoms with Crippen molar-refractivity contribution in [2.45, 2.75) is 63.3 Å². The maximum atomic E-state index is 12.8. The van der Waals surface area contributed by atoms with Crippen LogP contribution in [0.3, 0.4) is 0 Å². The molecule has 3 heterocycles. The van der Waals surface area contributed by atoms with Gasteiger partial charge in [0.15, 0.2) is 0 Å². The van der Waals surface area contributed by atoms with E-state index in [0.29, 0.717) is 18.8 Å². The number of likely N-dealkylation sites (tertiary alicyclic amines) is 1. The van der Waals surface area contributed by atoms with Crippen LogP contribution in [0, 0.1) is 5.92 Å². The summed E-state index contributed by atoms with van der Waals surface area (Å²) in [6.45, 7) is 3.56. The number of nitrogens with one attached hydrogen (secondary N) is 2. The minimum Gasteiger partial charge on any atom is -0.481 e. The number of aliphatic carboxylic acids is 1. The first-order valence-corrected chi connectivity index (χ1v) is 11.4. The molecule has 2 aliphatic heterocycles. The lowest BCUT2D eigenvalue weighted by Crippen LogP contribution is -2.49. The molecule has 2 fully saturated rings. The molecule has 0 aromatic carbocycles. The molecule has 1 aromatic rings. The van der Waals surface area contributed by atoms with Crippen molar-refractivity contribution in [3.05, 3.63) is 15.6 Å². The van der Waals surface area contributed by atoms with Gasteiger partial charge in [0.25, 0.3) is 0 Å². The van der Waals surface area contributed by atoms with Crippen molar-refractivity contribution in [1.82, 2.24) is 20.5 Å². The Morgan fingerprint density at radius 2 is 1.93 bits per heavy atom. The molecule has 0 bridgehead atoms. The van der Waals surface area contributed by atoms with E-state index in [1.165, 1.54) is 15.6 Å². The number of aromatic nitrogens is 1. The first-order valence-electron chi connectivity index (χ1n) is 10.6. The zero-order chi connectivity index (χ0) is 19.5. The van der Waals surface area contributed by atoms with Crippen LogP contribution in [0.2, 0.25) is 0 Å². The number of nitrogens with zero attached hydrogens (tertiary/aromatic N) is 2. The highest BCUT2D eigenvalue weighted by Crippen LogP contribution is 2.33. The van der Waals surface area contributed by atoms with Gasteiger partial charge in [-0.25, -0.2) is 9.78 Å². The first kappa shape index (κ1) is 19.6. The summed E-state index contributed by atoms with van der Waals surface area (Å²) in [5.41, 5.74) is 1.25. The Hall–Kier alpha value is -1.67. The molecule has 1 atom stereocenters. The summed E-state index contributed by atoms with van der Waals surface area (Å²) in [6, 6.07) is 0.109. The fraction of sp³-hybridized carbons (Fsp3) is 0.750. The van der Waals surface area contributed by atoms with Crippen molar-refractivity contribution in [3.8, 4) is 0 Å². The zero-order valence-electron chi connectivity index (χ0n) is 16.3. The quantitative estimate of drug-likeness (QED) is 0.716. The van der Waals surface area contributed by atoms with E-state index in [9.17, 15) is 9.59 Å². The number of carbonyl (C=O) groups is 2. The molecule has 154 valence electrons. The second-order valence-corrected chi connectivity index (χ2v) is 9.41. The van der Waals surface area contributed by atoms with Crippen LogP contribution < -0.4 is 10.6 Å². The minimum absolute atomic E-state index is 0.00537. The second-order valence-electron chi connectivity index (χ2n) is 8.29. The van der Waals surface area contributed by atoms with Crippen LogP contribution in [-0.2, 0) is 17.6 Å². The van der Waals surface area contributed by atoms with Crippen LogP contribution in [0.4, 0.5) is 4.79 Å². The van der Waals surface area contributed by atoms with E-state index in [1.807, 2.05) is 16.2 Å². The third-order valence-corrected chi connectivity index (χ3v) is 7.64. The molecule has 1 unspecified atom stereocenters. The molecule has 7 nitrogen and oxygen atoms in total. The van der Waals surface area contributed by atoms with Gasteiger partial charge in [0, 0.05) is 49.4 Å². The van der Waals surface area contributed by atoms with Crippen molar-refractivity contribution < 1.29 is 14.7 Å². The Labute approximate surface area is 169 Å². The monoisotopic (exact) mass is 406 g/mol. The summed E-state index contributed by atoms with van der Waals surface area (Å²) in [5.74, 6) is -0.615. The van der Waals surface area contributed by atoms with Gasteiger partial charge in [-0.05, 0) is 44.9 Å². The number of thiazole rings is 1. The van der Waals surface area contributed by atoms with Gasteiger partial charge in [0.05, 0.1) is 16.6 Å². The normalized spacial score (nSPS) is 28.3. The fourth-order valence-electron chi connectivity index (χ4n) is 4.62. The van der Waals surface area contributed by atoms with E-state index < -0.39 is 5.97 Å². The Bertz CT molecular complexity index is 691. The number of piperidine rings is 1. The molecule has 1 aromatic heterocycles. The Balaban J connectivity index is 1.32. The number of carbonyl (C=O) groups excluding carboxylic acids is 1. The Morgan fingerprint density at radius 1 is 1.14 bits per heavy atom. The van der Waals surface area contributed by atoms with Crippen molar-refractivity contribution in [2.24, 2.45) is 5.92 Å². The van der Waals surface area contributed by atoms with E-state index in [1.54, 1.807) is 0 Å². The molecular weight excluding hydrogens is 376 g/mol. The number of hydrogen-bond acceptors (Lipinski definition) is 5. The van der Waals surface area contributed by atoms with Crippen molar-refractivity contribution in [2.75, 3.05) is 26.2 Å². The lowest BCUT2D eigenvalue weighted by Gasteiger charge is -2.34. The van der Waals surface area contributed by atoms with Crippen LogP contribution in [0.15, 0.2) is 0 Å². The predicted molar refractivity (Wildman–Crippen MR) is 108 cm³/mol. The largest absolute Gasteiger partial charge is 0.481 e. The van der Waals surface area contributed by atoms with E-state index >= 15 is 0 Å². The summed E-state index contributed by atoms with van der Waals surface area (Å²) < 4.78 is 0. The van der Waals surface area contributed by atoms with Gasteiger partial charge >= 0.3 is 12.0 Å². The number of carboxylic acids is 1. The van der Waals surface area contributed by atoms with E-state index in [2.05, 4.69) is 10.6 Å². The van der Waals surface area contributed by atoms with Gasteiger partial charge < -0.3 is 20.6 Å². The fourth-order valence-corrected chi connectivity index (χ4v) is 5.85. The third kappa shape index (κ3) is 4.49. The van der Waals surface area contributed by atoms with Crippen molar-refractivity contribution in [3.63, 3.8) is 0 Å². The molecule has 1 saturated heterocycles. The van der Waals surface area contributed by atoms with Gasteiger partial charge in [-0.2, -0.15) is 0 Å². The maximum absolute atomic E-state index is 12.8. The van der Waals surface area contributed by atoms with E-state index in [4.69, 9.17) is 10.1 Å². The molecule has 0 radical (unpaired) electrons. The maximum Gasteiger partial charge on any atom is 0.317 e. The summed E-state index contributed by atoms with van der Waals surface area (Å²) >= 11 is 1.84. The minimum atomic E-state index is -0.707. The van der Waals surface area contributed by atoms with Gasteiger partial charge in [0.2, 0.25) is 0 Å². The Kier molecular flexibility index (Phi) is 6.16. The molecule has 3 aliphatic rings. The lowest BCUT2D eigenvalue weighted by atomic mass is 9.86. The molecular formula is C20H30N4O3S. The van der Waals surface area contributed by atoms with Crippen LogP contribution in [0.1, 0.15) is 60.0 Å². The number of fused-ring (bicyclic) bond motifs is 1. The highest BCUT2D eigenvalue weighted by molar-refractivity contribution is 7.11. The van der Waals surface area contributed by atoms with Crippen molar-refractivity contribution >= 4 is 23.3 Å². The first-order chi connectivity index (χ1) is 13.6. The van der Waals surface area contributed by atoms with E-state index in [-0.39, 0.29) is 18.0 Å². The highest BCUT2D eigenvalue weighted by atomic mass is 32.1. The van der Waals surface area contributed by atoms with Crippen LogP contribution >= 0.6 is 11.3 Å². The molecule has 1 saturated carbocycles. The number of hydrogen-bond donors (Lipinski definition) is 3. The summed E-state index contributed by atoms with van der Waals surface area (Å²) in [5, 5.41) is 16.9. The topological polar surface area (TPSA) is 94.6 Å². The number of amides is 2. The summed E-state index contributed by atoms with van der Waals surface area (Å²) in [4.78, 5) is 32.1. The molecule has 1 aliphatic carbocycles. The SMILES string of the molecule is O=C(O)C1CCC(NC(=O)N2CCCC(c3nc4c(s3)CCNCC4)C2)CC1. The molecule has 0 spiro atoms. The second kappa shape index (κ2) is 8.78. The predicted octanol–water partition coefficient (Wildman–Crippen LogP) is 2.36. The zero-order valence-corrected chi connectivity index (χ0v) is 17.1.